The van der Waals surface area contributed by atoms with Crippen molar-refractivity contribution >= 4 is 11.8 Å². The van der Waals surface area contributed by atoms with Gasteiger partial charge in [0, 0.05) is 29.6 Å². The van der Waals surface area contributed by atoms with E-state index in [4.69, 9.17) is 9.72 Å². The van der Waals surface area contributed by atoms with Crippen LogP contribution >= 0.6 is 11.8 Å². The highest BCUT2D eigenvalue weighted by atomic mass is 32.2. The van der Waals surface area contributed by atoms with Crippen molar-refractivity contribution in [3.63, 3.8) is 0 Å². The van der Waals surface area contributed by atoms with Crippen molar-refractivity contribution in [3.8, 4) is 17.0 Å². The largest absolute Gasteiger partial charge is 0.493 e. The molecule has 0 saturated heterocycles. The first-order chi connectivity index (χ1) is 10.8. The fraction of sp³-hybridized carbons (Fsp3) is 0.500. The summed E-state index contributed by atoms with van der Waals surface area (Å²) < 4.78 is 8.18. The predicted octanol–water partition coefficient (Wildman–Crippen LogP) is 4.79. The van der Waals surface area contributed by atoms with Gasteiger partial charge in [-0.2, -0.15) is 0 Å². The lowest BCUT2D eigenvalue weighted by Crippen LogP contribution is -2.08. The molecule has 1 aromatic heterocycles. The zero-order valence-electron chi connectivity index (χ0n) is 13.5. The van der Waals surface area contributed by atoms with Gasteiger partial charge in [-0.3, -0.25) is 0 Å². The third-order valence-corrected chi connectivity index (χ3v) is 5.11. The number of rotatable bonds is 6. The summed E-state index contributed by atoms with van der Waals surface area (Å²) in [6, 6.07) is 6.52. The first-order valence-corrected chi connectivity index (χ1v) is 9.26. The lowest BCUT2D eigenvalue weighted by Gasteiger charge is -2.11. The van der Waals surface area contributed by atoms with E-state index < -0.39 is 0 Å². The normalized spacial score (nSPS) is 13.9. The molecule has 2 aromatic rings. The summed E-state index contributed by atoms with van der Waals surface area (Å²) in [5, 5.41) is 0. The summed E-state index contributed by atoms with van der Waals surface area (Å²) in [6.07, 6.45) is 6.97. The molecule has 0 atom stereocenters. The van der Waals surface area contributed by atoms with E-state index in [-0.39, 0.29) is 0 Å². The third kappa shape index (κ3) is 3.32. The SMILES string of the molecule is CCCSc1ccc(-c2cn3c(n2)CCCC3)c(OCC)c1. The molecule has 3 rings (SSSR count). The van der Waals surface area contributed by atoms with Crippen LogP contribution in [0.1, 0.15) is 38.9 Å². The van der Waals surface area contributed by atoms with Gasteiger partial charge in [-0.25, -0.2) is 4.98 Å². The molecule has 2 heterocycles. The zero-order valence-corrected chi connectivity index (χ0v) is 14.3. The van der Waals surface area contributed by atoms with E-state index in [2.05, 4.69) is 35.9 Å². The maximum absolute atomic E-state index is 5.88. The van der Waals surface area contributed by atoms with E-state index in [0.29, 0.717) is 6.61 Å². The van der Waals surface area contributed by atoms with E-state index in [0.717, 1.165) is 35.7 Å². The van der Waals surface area contributed by atoms with Crippen LogP contribution in [0.3, 0.4) is 0 Å². The molecule has 1 aliphatic rings. The molecule has 0 N–H and O–H groups in total. The Hall–Kier alpha value is -1.42. The maximum atomic E-state index is 5.88. The third-order valence-electron chi connectivity index (χ3n) is 3.91. The Labute approximate surface area is 137 Å². The van der Waals surface area contributed by atoms with E-state index in [9.17, 15) is 0 Å². The Morgan fingerprint density at radius 1 is 1.27 bits per heavy atom. The first kappa shape index (κ1) is 15.5. The number of aryl methyl sites for hydroxylation is 2. The molecule has 0 unspecified atom stereocenters. The number of benzene rings is 1. The smallest absolute Gasteiger partial charge is 0.129 e. The number of ether oxygens (including phenoxy) is 1. The van der Waals surface area contributed by atoms with Gasteiger partial charge in [-0.1, -0.05) is 6.92 Å². The van der Waals surface area contributed by atoms with Gasteiger partial charge < -0.3 is 9.30 Å². The molecule has 4 heteroatoms. The maximum Gasteiger partial charge on any atom is 0.129 e. The van der Waals surface area contributed by atoms with Crippen LogP contribution in [0.2, 0.25) is 0 Å². The highest BCUT2D eigenvalue weighted by Crippen LogP contribution is 2.34. The summed E-state index contributed by atoms with van der Waals surface area (Å²) in [7, 11) is 0. The second-order valence-corrected chi connectivity index (χ2v) is 6.80. The average Bonchev–Trinajstić information content (AvgIpc) is 2.97. The topological polar surface area (TPSA) is 27.1 Å². The molecule has 0 bridgehead atoms. The number of hydrogen-bond acceptors (Lipinski definition) is 3. The molecule has 0 aliphatic carbocycles. The Kier molecular flexibility index (Phi) is 5.08. The van der Waals surface area contributed by atoms with Crippen molar-refractivity contribution < 1.29 is 4.74 Å². The second-order valence-electron chi connectivity index (χ2n) is 5.63. The lowest BCUT2D eigenvalue weighted by molar-refractivity contribution is 0.341. The van der Waals surface area contributed by atoms with Gasteiger partial charge in [0.15, 0.2) is 0 Å². The molecular formula is C18H24N2OS. The number of hydrogen-bond donors (Lipinski definition) is 0. The highest BCUT2D eigenvalue weighted by Gasteiger charge is 2.16. The predicted molar refractivity (Wildman–Crippen MR) is 92.8 cm³/mol. The van der Waals surface area contributed by atoms with Gasteiger partial charge >= 0.3 is 0 Å². The number of nitrogens with zero attached hydrogens (tertiary/aromatic N) is 2. The molecule has 1 aromatic carbocycles. The van der Waals surface area contributed by atoms with Gasteiger partial charge in [0.1, 0.15) is 11.6 Å². The van der Waals surface area contributed by atoms with Gasteiger partial charge in [-0.15, -0.1) is 11.8 Å². The van der Waals surface area contributed by atoms with Crippen LogP contribution in [0.15, 0.2) is 29.3 Å². The summed E-state index contributed by atoms with van der Waals surface area (Å²) >= 11 is 1.89. The van der Waals surface area contributed by atoms with Crippen LogP contribution < -0.4 is 4.74 Å². The van der Waals surface area contributed by atoms with Gasteiger partial charge in [0.25, 0.3) is 0 Å². The summed E-state index contributed by atoms with van der Waals surface area (Å²) in [5.74, 6) is 3.32. The Morgan fingerprint density at radius 3 is 2.95 bits per heavy atom. The molecule has 22 heavy (non-hydrogen) atoms. The fourth-order valence-corrected chi connectivity index (χ4v) is 3.64. The van der Waals surface area contributed by atoms with E-state index in [1.807, 2.05) is 18.7 Å². The monoisotopic (exact) mass is 316 g/mol. The zero-order chi connectivity index (χ0) is 15.4. The fourth-order valence-electron chi connectivity index (χ4n) is 2.84. The number of imidazole rings is 1. The van der Waals surface area contributed by atoms with Gasteiger partial charge in [-0.05, 0) is 50.1 Å². The van der Waals surface area contributed by atoms with Crippen molar-refractivity contribution in [2.45, 2.75) is 51.0 Å². The van der Waals surface area contributed by atoms with Crippen LogP contribution in [0.4, 0.5) is 0 Å². The minimum absolute atomic E-state index is 0.683. The molecular weight excluding hydrogens is 292 g/mol. The molecule has 0 saturated carbocycles. The van der Waals surface area contributed by atoms with Crippen LogP contribution in [-0.4, -0.2) is 21.9 Å². The second kappa shape index (κ2) is 7.23. The Bertz CT molecular complexity index is 613. The Balaban J connectivity index is 1.92. The van der Waals surface area contributed by atoms with E-state index in [1.54, 1.807) is 0 Å². The number of thioether (sulfide) groups is 1. The van der Waals surface area contributed by atoms with Crippen LogP contribution in [0.5, 0.6) is 5.75 Å². The summed E-state index contributed by atoms with van der Waals surface area (Å²) in [4.78, 5) is 6.11. The molecule has 118 valence electrons. The Morgan fingerprint density at radius 2 is 2.18 bits per heavy atom. The quantitative estimate of drug-likeness (QED) is 0.717. The number of fused-ring (bicyclic) bond motifs is 1. The van der Waals surface area contributed by atoms with E-state index in [1.165, 1.54) is 30.0 Å². The number of aromatic nitrogens is 2. The molecule has 0 radical (unpaired) electrons. The minimum atomic E-state index is 0.683. The van der Waals surface area contributed by atoms with Crippen molar-refractivity contribution in [2.24, 2.45) is 0 Å². The molecule has 1 aliphatic heterocycles. The summed E-state index contributed by atoms with van der Waals surface area (Å²) in [6.45, 7) is 6.02. The molecule has 3 nitrogen and oxygen atoms in total. The summed E-state index contributed by atoms with van der Waals surface area (Å²) in [5.41, 5.74) is 2.16. The first-order valence-electron chi connectivity index (χ1n) is 8.28. The molecule has 0 amide bonds. The van der Waals surface area contributed by atoms with Crippen LogP contribution in [-0.2, 0) is 13.0 Å². The average molecular weight is 316 g/mol. The van der Waals surface area contributed by atoms with Crippen molar-refractivity contribution in [2.75, 3.05) is 12.4 Å². The van der Waals surface area contributed by atoms with Crippen molar-refractivity contribution in [1.82, 2.24) is 9.55 Å². The molecule has 0 fully saturated rings. The highest BCUT2D eigenvalue weighted by molar-refractivity contribution is 7.99. The lowest BCUT2D eigenvalue weighted by atomic mass is 10.1. The van der Waals surface area contributed by atoms with Gasteiger partial charge in [0.05, 0.1) is 12.3 Å². The van der Waals surface area contributed by atoms with Crippen LogP contribution in [0.25, 0.3) is 11.3 Å². The van der Waals surface area contributed by atoms with Crippen molar-refractivity contribution in [3.05, 3.63) is 30.2 Å². The van der Waals surface area contributed by atoms with Crippen LogP contribution in [0, 0.1) is 0 Å². The minimum Gasteiger partial charge on any atom is -0.493 e. The molecule has 0 spiro atoms. The van der Waals surface area contributed by atoms with Gasteiger partial charge in [0.2, 0.25) is 0 Å². The standard InChI is InChI=1S/C18H24N2OS/c1-3-11-22-14-8-9-15(17(12-14)21-4-2)16-13-20-10-6-5-7-18(20)19-16/h8-9,12-13H,3-7,10-11H2,1-2H3. The van der Waals surface area contributed by atoms with Crippen molar-refractivity contribution in [1.29, 1.82) is 0 Å². The van der Waals surface area contributed by atoms with E-state index >= 15 is 0 Å².